The molecule has 4 aliphatic rings. The normalized spacial score (nSPS) is 39.5. The van der Waals surface area contributed by atoms with Crippen molar-refractivity contribution in [2.45, 2.75) is 102 Å². The van der Waals surface area contributed by atoms with Gasteiger partial charge in [-0.2, -0.15) is 0 Å². The molecule has 4 saturated carbocycles. The molecule has 0 radical (unpaired) electrons. The number of hydrogen-bond acceptors (Lipinski definition) is 8. The highest BCUT2D eigenvalue weighted by Gasteiger charge is 2.62. The first-order valence-electron chi connectivity index (χ1n) is 15.3. The molecule has 41 heavy (non-hydrogen) atoms. The van der Waals surface area contributed by atoms with Gasteiger partial charge in [-0.25, -0.2) is 18.5 Å². The van der Waals surface area contributed by atoms with E-state index < -0.39 is 10.0 Å². The highest BCUT2D eigenvalue weighted by atomic mass is 32.2. The minimum absolute atomic E-state index is 0.158. The zero-order valence-corrected chi connectivity index (χ0v) is 25.9. The van der Waals surface area contributed by atoms with Crippen molar-refractivity contribution in [1.82, 2.24) is 4.98 Å². The molecule has 1 aromatic heterocycles. The van der Waals surface area contributed by atoms with E-state index in [0.717, 1.165) is 62.7 Å². The fourth-order valence-corrected chi connectivity index (χ4v) is 11.7. The molecule has 0 spiro atoms. The summed E-state index contributed by atoms with van der Waals surface area (Å²) in [6.07, 6.45) is 8.79. The van der Waals surface area contributed by atoms with Gasteiger partial charge in [-0.3, -0.25) is 4.79 Å². The van der Waals surface area contributed by atoms with Gasteiger partial charge in [0.25, 0.3) is 10.0 Å². The number of carbonyl (C=O) groups excluding carboxylic acids is 1. The van der Waals surface area contributed by atoms with Crippen LogP contribution in [0.2, 0.25) is 0 Å². The van der Waals surface area contributed by atoms with E-state index in [-0.39, 0.29) is 33.3 Å². The van der Waals surface area contributed by atoms with Gasteiger partial charge in [-0.15, -0.1) is 11.3 Å². The Labute approximate surface area is 247 Å². The second kappa shape index (κ2) is 10.5. The minimum Gasteiger partial charge on any atom is -0.426 e. The number of aliphatic hydroxyl groups is 2. The minimum atomic E-state index is -3.88. The molecule has 4 fully saturated rings. The van der Waals surface area contributed by atoms with Crippen molar-refractivity contribution in [3.05, 3.63) is 18.2 Å². The number of benzene rings is 1. The summed E-state index contributed by atoms with van der Waals surface area (Å²) >= 11 is 0.960. The Bertz CT molecular complexity index is 1430. The van der Waals surface area contributed by atoms with Gasteiger partial charge >= 0.3 is 5.97 Å². The Balaban J connectivity index is 1.09. The van der Waals surface area contributed by atoms with Crippen molar-refractivity contribution in [2.75, 3.05) is 0 Å². The van der Waals surface area contributed by atoms with Crippen LogP contribution in [0.15, 0.2) is 22.5 Å². The lowest BCUT2D eigenvalue weighted by molar-refractivity contribution is -0.174. The predicted octanol–water partition coefficient (Wildman–Crippen LogP) is 5.26. The van der Waals surface area contributed by atoms with Crippen molar-refractivity contribution in [1.29, 1.82) is 0 Å². The van der Waals surface area contributed by atoms with Gasteiger partial charge in [0, 0.05) is 12.5 Å². The Morgan fingerprint density at radius 3 is 2.61 bits per heavy atom. The molecule has 1 heterocycles. The maximum absolute atomic E-state index is 12.8. The van der Waals surface area contributed by atoms with Crippen LogP contribution in [-0.2, 0) is 14.8 Å². The fourth-order valence-electron chi connectivity index (χ4n) is 9.97. The number of nitrogens with two attached hydrogens (primary N) is 1. The van der Waals surface area contributed by atoms with E-state index in [1.807, 2.05) is 0 Å². The second-order valence-corrected chi connectivity index (χ2v) is 16.9. The Morgan fingerprint density at radius 2 is 1.85 bits per heavy atom. The van der Waals surface area contributed by atoms with Crippen molar-refractivity contribution in [3.8, 4) is 5.75 Å². The van der Waals surface area contributed by atoms with E-state index in [4.69, 9.17) is 9.88 Å². The third-order valence-corrected chi connectivity index (χ3v) is 14.4. The number of rotatable bonds is 6. The molecule has 0 saturated heterocycles. The van der Waals surface area contributed by atoms with E-state index in [0.29, 0.717) is 57.9 Å². The summed E-state index contributed by atoms with van der Waals surface area (Å²) in [5.74, 6) is 2.75. The molecule has 10 heteroatoms. The largest absolute Gasteiger partial charge is 0.426 e. The number of nitrogens with zero attached hydrogens (tertiary/aromatic N) is 1. The van der Waals surface area contributed by atoms with Crippen LogP contribution in [0, 0.1) is 46.3 Å². The average Bonchev–Trinajstić information content (AvgIpc) is 3.49. The molecule has 4 N–H and O–H groups in total. The number of carbonyl (C=O) groups is 1. The lowest BCUT2D eigenvalue weighted by atomic mass is 9.43. The molecule has 6 rings (SSSR count). The molecule has 4 aliphatic carbocycles. The molecular formula is C31H44N2O6S2. The predicted molar refractivity (Wildman–Crippen MR) is 158 cm³/mol. The average molecular weight is 605 g/mol. The highest BCUT2D eigenvalue weighted by Crippen LogP contribution is 2.68. The standard InChI is InChI=1S/C31H44N2O6S2/c1-17(4-9-27(36)39-20-5-8-24-26(16-20)40-29(33-24)41(32,37)38)21-6-7-22-28-23(11-13-31(21,22)3)30(2)12-10-19(34)14-18(30)15-25(28)35/h5,8,16-19,21-23,25,28,34-35H,4,6-7,9-15H2,1-3H3,(H2,32,37,38)/t17-,18+,19-,21-,22+,23+,25+,28+,30+,31-/m1/s1. The van der Waals surface area contributed by atoms with Crippen LogP contribution < -0.4 is 9.88 Å². The fraction of sp³-hybridized carbons (Fsp3) is 0.742. The number of ether oxygens (including phenoxy) is 1. The van der Waals surface area contributed by atoms with Crippen molar-refractivity contribution < 1.29 is 28.2 Å². The highest BCUT2D eigenvalue weighted by molar-refractivity contribution is 7.91. The van der Waals surface area contributed by atoms with Crippen molar-refractivity contribution >= 4 is 37.5 Å². The summed E-state index contributed by atoms with van der Waals surface area (Å²) in [5, 5.41) is 27.0. The molecule has 1 aromatic carbocycles. The topological polar surface area (TPSA) is 140 Å². The third-order valence-electron chi connectivity index (χ3n) is 12.0. The van der Waals surface area contributed by atoms with Crippen molar-refractivity contribution in [3.63, 3.8) is 0 Å². The SMILES string of the molecule is C[C@H](CCC(=O)Oc1ccc2nc(S(N)(=O)=O)sc2c1)[C@H]1CC[C@H]2[C@@H]3[C@@H](O)C[C@@H]4C[C@H](O)CC[C@]4(C)[C@H]3CC[C@]12C. The number of esters is 1. The van der Waals surface area contributed by atoms with Crippen LogP contribution in [-0.4, -0.2) is 41.8 Å². The number of aliphatic hydroxyl groups excluding tert-OH is 2. The molecule has 10 atom stereocenters. The summed E-state index contributed by atoms with van der Waals surface area (Å²) in [4.78, 5) is 16.9. The summed E-state index contributed by atoms with van der Waals surface area (Å²) in [6.45, 7) is 7.17. The monoisotopic (exact) mass is 604 g/mol. The quantitative estimate of drug-likeness (QED) is 0.302. The van der Waals surface area contributed by atoms with Gasteiger partial charge < -0.3 is 14.9 Å². The van der Waals surface area contributed by atoms with Crippen molar-refractivity contribution in [2.24, 2.45) is 51.5 Å². The van der Waals surface area contributed by atoms with Crippen LogP contribution in [0.1, 0.15) is 85.0 Å². The van der Waals surface area contributed by atoms with Gasteiger partial charge in [0.15, 0.2) is 0 Å². The van der Waals surface area contributed by atoms with E-state index in [1.165, 1.54) is 6.42 Å². The lowest BCUT2D eigenvalue weighted by Gasteiger charge is -2.62. The van der Waals surface area contributed by atoms with Crippen LogP contribution in [0.3, 0.4) is 0 Å². The summed E-state index contributed by atoms with van der Waals surface area (Å²) in [7, 11) is -3.88. The number of hydrogen-bond donors (Lipinski definition) is 3. The first-order chi connectivity index (χ1) is 19.3. The second-order valence-electron chi connectivity index (χ2n) is 14.1. The zero-order valence-electron chi connectivity index (χ0n) is 24.3. The summed E-state index contributed by atoms with van der Waals surface area (Å²) in [6, 6.07) is 4.90. The number of aromatic nitrogens is 1. The molecular weight excluding hydrogens is 560 g/mol. The van der Waals surface area contributed by atoms with E-state index >= 15 is 0 Å². The zero-order chi connectivity index (χ0) is 29.3. The first-order valence-corrected chi connectivity index (χ1v) is 17.7. The molecule has 2 aromatic rings. The molecule has 8 nitrogen and oxygen atoms in total. The number of sulfonamides is 1. The first kappa shape index (κ1) is 29.5. The van der Waals surface area contributed by atoms with Crippen LogP contribution >= 0.6 is 11.3 Å². The maximum atomic E-state index is 12.8. The van der Waals surface area contributed by atoms with Crippen LogP contribution in [0.25, 0.3) is 10.2 Å². The van der Waals surface area contributed by atoms with E-state index in [2.05, 4.69) is 25.8 Å². The number of fused-ring (bicyclic) bond motifs is 6. The van der Waals surface area contributed by atoms with Gasteiger partial charge in [0.2, 0.25) is 4.34 Å². The smallest absolute Gasteiger partial charge is 0.311 e. The van der Waals surface area contributed by atoms with Gasteiger partial charge in [-0.05, 0) is 116 Å². The molecule has 0 aliphatic heterocycles. The molecule has 0 bridgehead atoms. The third kappa shape index (κ3) is 5.15. The molecule has 0 unspecified atom stereocenters. The van der Waals surface area contributed by atoms with Crippen LogP contribution in [0.5, 0.6) is 5.75 Å². The Kier molecular flexibility index (Phi) is 7.58. The summed E-state index contributed by atoms with van der Waals surface area (Å²) < 4.78 is 29.3. The van der Waals surface area contributed by atoms with Gasteiger partial charge in [-0.1, -0.05) is 20.8 Å². The molecule has 0 amide bonds. The summed E-state index contributed by atoms with van der Waals surface area (Å²) in [5.41, 5.74) is 0.890. The van der Waals surface area contributed by atoms with E-state index in [9.17, 15) is 23.4 Å². The Hall–Kier alpha value is -1.59. The maximum Gasteiger partial charge on any atom is 0.311 e. The number of thiazole rings is 1. The van der Waals surface area contributed by atoms with Gasteiger partial charge in [0.1, 0.15) is 5.75 Å². The van der Waals surface area contributed by atoms with Crippen LogP contribution in [0.4, 0.5) is 0 Å². The lowest BCUT2D eigenvalue weighted by Crippen LogP contribution is -2.58. The van der Waals surface area contributed by atoms with Gasteiger partial charge in [0.05, 0.1) is 22.4 Å². The molecule has 226 valence electrons. The number of primary sulfonamides is 1. The van der Waals surface area contributed by atoms with E-state index in [1.54, 1.807) is 18.2 Å². The Morgan fingerprint density at radius 1 is 1.12 bits per heavy atom.